The molecule has 152 valence electrons. The summed E-state index contributed by atoms with van der Waals surface area (Å²) in [7, 11) is 0. The molecule has 1 aromatic heterocycles. The number of aryl methyl sites for hydroxylation is 1. The molecule has 3 saturated heterocycles. The minimum Gasteiger partial charge on any atom is -0.351 e. The number of rotatable bonds is 3. The second-order valence-corrected chi connectivity index (χ2v) is 7.82. The molecule has 3 aliphatic rings. The molecular formula is C21H21F2N3O3. The van der Waals surface area contributed by atoms with Crippen molar-refractivity contribution in [3.8, 4) is 0 Å². The van der Waals surface area contributed by atoms with Gasteiger partial charge in [-0.3, -0.25) is 14.2 Å². The molecule has 3 atom stereocenters. The summed E-state index contributed by atoms with van der Waals surface area (Å²) in [6, 6.07) is 11.9. The molecule has 0 bridgehead atoms. The van der Waals surface area contributed by atoms with Gasteiger partial charge in [0.05, 0.1) is 25.1 Å². The van der Waals surface area contributed by atoms with E-state index in [4.69, 9.17) is 4.74 Å². The molecule has 3 fully saturated rings. The van der Waals surface area contributed by atoms with Crippen LogP contribution < -0.4 is 0 Å². The van der Waals surface area contributed by atoms with Crippen molar-refractivity contribution in [1.29, 1.82) is 0 Å². The van der Waals surface area contributed by atoms with Crippen LogP contribution in [0.4, 0.5) is 8.78 Å². The molecule has 8 heteroatoms. The maximum atomic E-state index is 13.5. The number of hydrogen-bond acceptors (Lipinski definition) is 3. The zero-order valence-electron chi connectivity index (χ0n) is 15.9. The Kier molecular flexibility index (Phi) is 4.03. The lowest BCUT2D eigenvalue weighted by Crippen LogP contribution is -2.49. The highest BCUT2D eigenvalue weighted by molar-refractivity contribution is 5.95. The van der Waals surface area contributed by atoms with Gasteiger partial charge in [0.15, 0.2) is 5.72 Å². The van der Waals surface area contributed by atoms with Crippen molar-refractivity contribution in [2.75, 3.05) is 13.2 Å². The van der Waals surface area contributed by atoms with Gasteiger partial charge in [-0.2, -0.15) is 8.78 Å². The highest BCUT2D eigenvalue weighted by Crippen LogP contribution is 2.51. The number of amides is 2. The molecule has 0 N–H and O–H groups in total. The molecule has 0 aliphatic carbocycles. The highest BCUT2D eigenvalue weighted by atomic mass is 19.3. The average Bonchev–Trinajstić information content (AvgIpc) is 3.42. The predicted molar refractivity (Wildman–Crippen MR) is 99.2 cm³/mol. The molecule has 5 rings (SSSR count). The Balaban J connectivity index is 1.47. The van der Waals surface area contributed by atoms with E-state index >= 15 is 0 Å². The van der Waals surface area contributed by atoms with Crippen LogP contribution in [-0.4, -0.2) is 51.1 Å². The first-order valence-corrected chi connectivity index (χ1v) is 9.72. The van der Waals surface area contributed by atoms with Crippen LogP contribution in [0.25, 0.3) is 0 Å². The van der Waals surface area contributed by atoms with E-state index in [-0.39, 0.29) is 24.1 Å². The maximum absolute atomic E-state index is 13.5. The van der Waals surface area contributed by atoms with Crippen LogP contribution in [0.2, 0.25) is 0 Å². The third-order valence-corrected chi connectivity index (χ3v) is 6.44. The van der Waals surface area contributed by atoms with Gasteiger partial charge in [-0.05, 0) is 24.6 Å². The van der Waals surface area contributed by atoms with Crippen LogP contribution in [-0.2, 0) is 9.53 Å². The number of hydrogen-bond donors (Lipinski definition) is 0. The standard InChI is InChI=1S/C21H21F2N3O3/c1-13-7-8-15(25(13)20(22)23)19(28)24-10-9-21-17(24)11-18(27)26(21)16(12-29-21)14-5-3-2-4-6-14/h2-8,16-17,20H,9-12H2,1H3/t16-,17+,21-/m0/s1. The van der Waals surface area contributed by atoms with Crippen LogP contribution in [0.5, 0.6) is 0 Å². The van der Waals surface area contributed by atoms with Crippen molar-refractivity contribution in [2.24, 2.45) is 0 Å². The molecular weight excluding hydrogens is 380 g/mol. The van der Waals surface area contributed by atoms with Gasteiger partial charge in [-0.25, -0.2) is 0 Å². The molecule has 2 amide bonds. The first kappa shape index (κ1) is 18.3. The molecule has 1 aromatic carbocycles. The summed E-state index contributed by atoms with van der Waals surface area (Å²) in [6.07, 6.45) is 0.621. The van der Waals surface area contributed by atoms with E-state index in [1.165, 1.54) is 12.1 Å². The van der Waals surface area contributed by atoms with Crippen molar-refractivity contribution >= 4 is 11.8 Å². The lowest BCUT2D eigenvalue weighted by Gasteiger charge is -2.33. The second kappa shape index (κ2) is 6.38. The molecule has 1 spiro atoms. The van der Waals surface area contributed by atoms with Gasteiger partial charge in [0.1, 0.15) is 5.69 Å². The second-order valence-electron chi connectivity index (χ2n) is 7.82. The van der Waals surface area contributed by atoms with E-state index in [0.717, 1.165) is 10.1 Å². The van der Waals surface area contributed by atoms with E-state index in [2.05, 4.69) is 0 Å². The van der Waals surface area contributed by atoms with Gasteiger partial charge in [-0.1, -0.05) is 30.3 Å². The number of benzene rings is 1. The largest absolute Gasteiger partial charge is 0.351 e. The van der Waals surface area contributed by atoms with Crippen molar-refractivity contribution in [3.05, 3.63) is 59.4 Å². The number of likely N-dealkylation sites (tertiary alicyclic amines) is 1. The molecule has 0 saturated carbocycles. The van der Waals surface area contributed by atoms with Gasteiger partial charge >= 0.3 is 6.55 Å². The van der Waals surface area contributed by atoms with Crippen molar-refractivity contribution in [3.63, 3.8) is 0 Å². The van der Waals surface area contributed by atoms with Crippen molar-refractivity contribution in [2.45, 2.75) is 44.1 Å². The first-order valence-electron chi connectivity index (χ1n) is 9.72. The highest BCUT2D eigenvalue weighted by Gasteiger charge is 2.65. The van der Waals surface area contributed by atoms with Gasteiger partial charge < -0.3 is 14.5 Å². The number of nitrogens with zero attached hydrogens (tertiary/aromatic N) is 3. The molecule has 6 nitrogen and oxygen atoms in total. The molecule has 2 aromatic rings. The number of carbonyl (C=O) groups is 2. The normalized spacial score (nSPS) is 28.3. The molecule has 4 heterocycles. The minimum absolute atomic E-state index is 0.0574. The SMILES string of the molecule is Cc1ccc(C(=O)N2CC[C@@]34OC[C@@H](c5ccccc5)N3C(=O)C[C@@H]24)n1C(F)F. The number of ether oxygens (including phenoxy) is 1. The Hall–Kier alpha value is -2.74. The van der Waals surface area contributed by atoms with Crippen molar-refractivity contribution in [1.82, 2.24) is 14.4 Å². The average molecular weight is 401 g/mol. The predicted octanol–water partition coefficient (Wildman–Crippen LogP) is 3.11. The number of carbonyl (C=O) groups excluding carboxylic acids is 2. The van der Waals surface area contributed by atoms with Gasteiger partial charge in [0.2, 0.25) is 5.91 Å². The Morgan fingerprint density at radius 2 is 1.97 bits per heavy atom. The van der Waals surface area contributed by atoms with Crippen LogP contribution >= 0.6 is 0 Å². The van der Waals surface area contributed by atoms with Gasteiger partial charge in [-0.15, -0.1) is 0 Å². The zero-order valence-corrected chi connectivity index (χ0v) is 15.9. The van der Waals surface area contributed by atoms with E-state index in [1.54, 1.807) is 16.7 Å². The number of aromatic nitrogens is 1. The fraction of sp³-hybridized carbons (Fsp3) is 0.429. The van der Waals surface area contributed by atoms with E-state index in [0.29, 0.717) is 25.3 Å². The monoisotopic (exact) mass is 401 g/mol. The zero-order chi connectivity index (χ0) is 20.3. The van der Waals surface area contributed by atoms with E-state index in [9.17, 15) is 18.4 Å². The summed E-state index contributed by atoms with van der Waals surface area (Å²) in [6.45, 7) is -0.532. The Morgan fingerprint density at radius 3 is 2.69 bits per heavy atom. The summed E-state index contributed by atoms with van der Waals surface area (Å²) in [4.78, 5) is 29.4. The number of alkyl halides is 2. The summed E-state index contributed by atoms with van der Waals surface area (Å²) in [5.74, 6) is -0.555. The summed E-state index contributed by atoms with van der Waals surface area (Å²) >= 11 is 0. The number of halogens is 2. The Morgan fingerprint density at radius 1 is 1.21 bits per heavy atom. The lowest BCUT2D eigenvalue weighted by atomic mass is 10.0. The molecule has 0 unspecified atom stereocenters. The fourth-order valence-electron chi connectivity index (χ4n) is 5.14. The molecule has 3 aliphatic heterocycles. The van der Waals surface area contributed by atoms with Crippen molar-refractivity contribution < 1.29 is 23.1 Å². The topological polar surface area (TPSA) is 54.8 Å². The molecule has 29 heavy (non-hydrogen) atoms. The third-order valence-electron chi connectivity index (χ3n) is 6.44. The summed E-state index contributed by atoms with van der Waals surface area (Å²) < 4.78 is 33.8. The Bertz CT molecular complexity index is 977. The first-order chi connectivity index (χ1) is 13.9. The van der Waals surface area contributed by atoms with Crippen LogP contribution in [0.3, 0.4) is 0 Å². The lowest BCUT2D eigenvalue weighted by molar-refractivity contribution is -0.138. The maximum Gasteiger partial charge on any atom is 0.319 e. The quantitative estimate of drug-likeness (QED) is 0.794. The summed E-state index contributed by atoms with van der Waals surface area (Å²) in [5.41, 5.74) is 0.385. The summed E-state index contributed by atoms with van der Waals surface area (Å²) in [5, 5.41) is 0. The van der Waals surface area contributed by atoms with E-state index < -0.39 is 24.2 Å². The fourth-order valence-corrected chi connectivity index (χ4v) is 5.14. The van der Waals surface area contributed by atoms with Crippen LogP contribution in [0.15, 0.2) is 42.5 Å². The smallest absolute Gasteiger partial charge is 0.319 e. The Labute approximate surface area is 166 Å². The third kappa shape index (κ3) is 2.48. The van der Waals surface area contributed by atoms with E-state index in [1.807, 2.05) is 30.3 Å². The van der Waals surface area contributed by atoms with Crippen LogP contribution in [0.1, 0.15) is 47.2 Å². The van der Waals surface area contributed by atoms with Crippen LogP contribution in [0, 0.1) is 6.92 Å². The molecule has 0 radical (unpaired) electrons. The van der Waals surface area contributed by atoms with Gasteiger partial charge in [0, 0.05) is 18.7 Å². The van der Waals surface area contributed by atoms with Gasteiger partial charge in [0.25, 0.3) is 5.91 Å². The minimum atomic E-state index is -2.80.